The highest BCUT2D eigenvalue weighted by molar-refractivity contribution is 6.26. The maximum atomic E-state index is 13.9. The molecule has 0 radical (unpaired) electrons. The first-order valence-electron chi connectivity index (χ1n) is 12.4. The first kappa shape index (κ1) is 25.7. The molecule has 194 valence electrons. The van der Waals surface area contributed by atoms with Gasteiger partial charge in [0.1, 0.15) is 11.9 Å². The van der Waals surface area contributed by atoms with Crippen molar-refractivity contribution in [2.45, 2.75) is 31.5 Å². The average Bonchev–Trinajstić information content (AvgIpc) is 3.24. The number of pyridine rings is 1. The van der Waals surface area contributed by atoms with E-state index in [1.54, 1.807) is 23.2 Å². The van der Waals surface area contributed by atoms with Gasteiger partial charge in [0.25, 0.3) is 5.91 Å². The van der Waals surface area contributed by atoms with Crippen molar-refractivity contribution in [2.75, 3.05) is 12.5 Å². The number of fused-ring (bicyclic) bond motifs is 1. The molecule has 7 nitrogen and oxygen atoms in total. The van der Waals surface area contributed by atoms with E-state index in [1.807, 2.05) is 79.7 Å². The number of aromatic nitrogens is 1. The number of benzene rings is 2. The zero-order valence-electron chi connectivity index (χ0n) is 20.8. The van der Waals surface area contributed by atoms with Crippen LogP contribution in [-0.2, 0) is 23.9 Å². The number of hydrogen-bond donors (Lipinski definition) is 0. The lowest BCUT2D eigenvalue weighted by molar-refractivity contribution is -0.165. The van der Waals surface area contributed by atoms with Crippen molar-refractivity contribution in [3.63, 3.8) is 0 Å². The number of alkyl halides is 1. The van der Waals surface area contributed by atoms with Crippen molar-refractivity contribution >= 4 is 35.5 Å². The van der Waals surface area contributed by atoms with Crippen LogP contribution in [0.15, 0.2) is 90.6 Å². The zero-order chi connectivity index (χ0) is 26.7. The molecule has 3 heterocycles. The summed E-state index contributed by atoms with van der Waals surface area (Å²) >= 11 is 5.65. The van der Waals surface area contributed by atoms with Gasteiger partial charge in [-0.3, -0.25) is 14.6 Å². The summed E-state index contributed by atoms with van der Waals surface area (Å²) in [5, 5.41) is 0. The predicted molar refractivity (Wildman–Crippen MR) is 142 cm³/mol. The summed E-state index contributed by atoms with van der Waals surface area (Å²) in [5.41, 5.74) is 1.96. The minimum absolute atomic E-state index is 0.0726. The summed E-state index contributed by atoms with van der Waals surface area (Å²) in [7, 11) is 0. The Bertz CT molecular complexity index is 1310. The molecule has 0 N–H and O–H groups in total. The lowest BCUT2D eigenvalue weighted by Gasteiger charge is -2.41. The zero-order valence-corrected chi connectivity index (χ0v) is 21.6. The van der Waals surface area contributed by atoms with Crippen LogP contribution in [0.3, 0.4) is 0 Å². The molecule has 5 rings (SSSR count). The Morgan fingerprint density at radius 2 is 1.68 bits per heavy atom. The molecule has 2 aliphatic heterocycles. The van der Waals surface area contributed by atoms with E-state index in [0.29, 0.717) is 17.7 Å². The van der Waals surface area contributed by atoms with Crippen molar-refractivity contribution in [3.05, 3.63) is 107 Å². The maximum Gasteiger partial charge on any atom is 0.330 e. The molecule has 2 fully saturated rings. The van der Waals surface area contributed by atoms with Gasteiger partial charge in [0, 0.05) is 17.2 Å². The number of nitrogens with zero attached hydrogens (tertiary/aromatic N) is 2. The van der Waals surface area contributed by atoms with Crippen molar-refractivity contribution in [1.29, 1.82) is 0 Å². The van der Waals surface area contributed by atoms with Crippen molar-refractivity contribution in [3.8, 4) is 0 Å². The van der Waals surface area contributed by atoms with Crippen LogP contribution >= 0.6 is 11.6 Å². The number of esters is 2. The van der Waals surface area contributed by atoms with Gasteiger partial charge in [0.2, 0.25) is 0 Å². The number of halogens is 1. The van der Waals surface area contributed by atoms with E-state index in [0.717, 1.165) is 11.1 Å². The Labute approximate surface area is 226 Å². The highest BCUT2D eigenvalue weighted by atomic mass is 35.5. The second-order valence-electron chi connectivity index (χ2n) is 9.78. The number of amides is 1. The van der Waals surface area contributed by atoms with Gasteiger partial charge in [-0.05, 0) is 35.8 Å². The van der Waals surface area contributed by atoms with E-state index < -0.39 is 29.5 Å². The van der Waals surface area contributed by atoms with Gasteiger partial charge in [-0.15, -0.1) is 11.6 Å². The molecule has 0 saturated carbocycles. The molecule has 2 saturated heterocycles. The van der Waals surface area contributed by atoms with E-state index >= 15 is 0 Å². The fourth-order valence-corrected chi connectivity index (χ4v) is 5.35. The van der Waals surface area contributed by atoms with Crippen LogP contribution in [-0.4, -0.2) is 52.3 Å². The number of ether oxygens (including phenoxy) is 2. The SMILES string of the molecule is C[C@@]1(COC(=O)CCl)CC2/C(=C\c3ccccn3)C(=O)N2[C@H]1C(=O)OC(c1ccccc1)c1ccccc1. The smallest absolute Gasteiger partial charge is 0.330 e. The Kier molecular flexibility index (Phi) is 7.29. The minimum atomic E-state index is -0.945. The van der Waals surface area contributed by atoms with E-state index in [9.17, 15) is 14.4 Å². The van der Waals surface area contributed by atoms with E-state index in [1.165, 1.54) is 0 Å². The Morgan fingerprint density at radius 1 is 1.05 bits per heavy atom. The summed E-state index contributed by atoms with van der Waals surface area (Å²) in [6.07, 6.45) is 3.16. The molecule has 1 unspecified atom stereocenters. The van der Waals surface area contributed by atoms with Gasteiger partial charge < -0.3 is 14.4 Å². The summed E-state index contributed by atoms with van der Waals surface area (Å²) in [4.78, 5) is 45.0. The fraction of sp³-hybridized carbons (Fsp3) is 0.267. The average molecular weight is 531 g/mol. The monoisotopic (exact) mass is 530 g/mol. The van der Waals surface area contributed by atoms with E-state index in [4.69, 9.17) is 21.1 Å². The van der Waals surface area contributed by atoms with Crippen molar-refractivity contribution in [1.82, 2.24) is 9.88 Å². The Hall–Kier alpha value is -3.97. The molecule has 2 aliphatic rings. The number of rotatable bonds is 8. The highest BCUT2D eigenvalue weighted by Crippen LogP contribution is 2.50. The molecule has 1 aromatic heterocycles. The lowest BCUT2D eigenvalue weighted by Crippen LogP contribution is -2.58. The number of β-lactam (4-membered cyclic amide) rings is 1. The van der Waals surface area contributed by atoms with Crippen LogP contribution in [0.2, 0.25) is 0 Å². The quantitative estimate of drug-likeness (QED) is 0.183. The molecule has 38 heavy (non-hydrogen) atoms. The van der Waals surface area contributed by atoms with Gasteiger partial charge in [-0.2, -0.15) is 0 Å². The first-order chi connectivity index (χ1) is 18.4. The fourth-order valence-electron chi connectivity index (χ4n) is 5.27. The summed E-state index contributed by atoms with van der Waals surface area (Å²) in [6, 6.07) is 23.1. The van der Waals surface area contributed by atoms with Gasteiger partial charge in [0.05, 0.1) is 18.3 Å². The number of carbonyl (C=O) groups excluding carboxylic acids is 3. The Balaban J connectivity index is 1.47. The molecule has 3 aromatic rings. The molecular weight excluding hydrogens is 504 g/mol. The number of carbonyl (C=O) groups is 3. The third-order valence-electron chi connectivity index (χ3n) is 7.10. The normalized spacial score (nSPS) is 23.2. The van der Waals surface area contributed by atoms with Crippen LogP contribution in [0.5, 0.6) is 0 Å². The molecule has 8 heteroatoms. The third-order valence-corrected chi connectivity index (χ3v) is 7.32. The largest absolute Gasteiger partial charge is 0.464 e. The Morgan fingerprint density at radius 3 is 2.26 bits per heavy atom. The lowest BCUT2D eigenvalue weighted by atomic mass is 9.81. The molecule has 3 atom stereocenters. The van der Waals surface area contributed by atoms with Crippen LogP contribution in [0.4, 0.5) is 0 Å². The van der Waals surface area contributed by atoms with Gasteiger partial charge >= 0.3 is 11.9 Å². The minimum Gasteiger partial charge on any atom is -0.464 e. The van der Waals surface area contributed by atoms with Crippen LogP contribution in [0, 0.1) is 5.41 Å². The molecule has 1 amide bonds. The van der Waals surface area contributed by atoms with E-state index in [-0.39, 0.29) is 24.4 Å². The molecule has 0 aliphatic carbocycles. The van der Waals surface area contributed by atoms with Crippen molar-refractivity contribution < 1.29 is 23.9 Å². The van der Waals surface area contributed by atoms with E-state index in [2.05, 4.69) is 4.98 Å². The molecule has 0 spiro atoms. The summed E-state index contributed by atoms with van der Waals surface area (Å²) < 4.78 is 11.6. The van der Waals surface area contributed by atoms with Crippen LogP contribution in [0.1, 0.15) is 36.3 Å². The first-order valence-corrected chi connectivity index (χ1v) is 12.9. The molecule has 2 aromatic carbocycles. The second kappa shape index (κ2) is 10.8. The second-order valence-corrected chi connectivity index (χ2v) is 10.0. The molecule has 0 bridgehead atoms. The summed E-state index contributed by atoms with van der Waals surface area (Å²) in [5.74, 6) is -1.70. The third kappa shape index (κ3) is 4.94. The number of hydrogen-bond acceptors (Lipinski definition) is 6. The molecular formula is C30H27ClN2O5. The van der Waals surface area contributed by atoms with Crippen molar-refractivity contribution in [2.24, 2.45) is 5.41 Å². The summed E-state index contributed by atoms with van der Waals surface area (Å²) in [6.45, 7) is 1.77. The van der Waals surface area contributed by atoms with Gasteiger partial charge in [0.15, 0.2) is 6.10 Å². The van der Waals surface area contributed by atoms with Crippen LogP contribution in [0.25, 0.3) is 6.08 Å². The standard InChI is InChI=1S/C30H27ClN2O5/c1-30(19-37-25(34)18-31)17-24-23(16-22-14-8-9-15-32-22)28(35)33(24)27(30)29(36)38-26(20-10-4-2-5-11-20)21-12-6-3-7-13-21/h2-16,24,26-27H,17-19H2,1H3/b23-16+/t24?,27-,30-/m0/s1. The predicted octanol–water partition coefficient (Wildman–Crippen LogP) is 4.57. The topological polar surface area (TPSA) is 85.8 Å². The van der Waals surface area contributed by atoms with Gasteiger partial charge in [-0.25, -0.2) is 4.79 Å². The van der Waals surface area contributed by atoms with Crippen LogP contribution < -0.4 is 0 Å². The van der Waals surface area contributed by atoms with Gasteiger partial charge in [-0.1, -0.05) is 73.7 Å². The maximum absolute atomic E-state index is 13.9. The highest BCUT2D eigenvalue weighted by Gasteiger charge is 2.63.